The molecule has 1 aromatic heterocycles. The maximum absolute atomic E-state index is 3.38. The Balaban J connectivity index is 1.91. The molecule has 1 heteroatoms. The van der Waals surface area contributed by atoms with Gasteiger partial charge in [0.05, 0.1) is 11.2 Å². The highest BCUT2D eigenvalue weighted by atomic mass is 15.0. The van der Waals surface area contributed by atoms with Crippen LogP contribution in [0.2, 0.25) is 0 Å². The minimum Gasteiger partial charge on any atom is -0.315 e. The van der Waals surface area contributed by atoms with Crippen molar-refractivity contribution in [1.29, 1.82) is 0 Å². The molecule has 0 aliphatic heterocycles. The molecule has 0 bridgehead atoms. The first-order valence-electron chi connectivity index (χ1n) is 7.50. The summed E-state index contributed by atoms with van der Waals surface area (Å²) in [6, 6.07) is 17.0. The zero-order valence-electron chi connectivity index (χ0n) is 12.1. The van der Waals surface area contributed by atoms with Crippen LogP contribution in [0.3, 0.4) is 0 Å². The lowest BCUT2D eigenvalue weighted by molar-refractivity contribution is 1.11. The zero-order valence-corrected chi connectivity index (χ0v) is 12.1. The Morgan fingerprint density at radius 3 is 2.62 bits per heavy atom. The molecule has 2 aromatic carbocycles. The molecule has 4 rings (SSSR count). The summed E-state index contributed by atoms with van der Waals surface area (Å²) in [6.45, 7) is 2.16. The number of benzene rings is 2. The van der Waals surface area contributed by atoms with Crippen LogP contribution in [0.4, 0.5) is 0 Å². The lowest BCUT2D eigenvalue weighted by Gasteiger charge is -2.08. The second kappa shape index (κ2) is 4.82. The van der Waals surface area contributed by atoms with Crippen LogP contribution in [-0.4, -0.2) is 4.57 Å². The molecule has 0 atom stereocenters. The van der Waals surface area contributed by atoms with Gasteiger partial charge in [-0.25, -0.2) is 0 Å². The summed E-state index contributed by atoms with van der Waals surface area (Å²) in [4.78, 5) is 0. The van der Waals surface area contributed by atoms with Gasteiger partial charge in [0.1, 0.15) is 0 Å². The Hall–Kier alpha value is -2.46. The molecule has 1 heterocycles. The highest BCUT2D eigenvalue weighted by Gasteiger charge is 2.18. The van der Waals surface area contributed by atoms with Crippen molar-refractivity contribution in [1.82, 2.24) is 4.57 Å². The van der Waals surface area contributed by atoms with E-state index in [-0.39, 0.29) is 0 Å². The quantitative estimate of drug-likeness (QED) is 0.565. The summed E-state index contributed by atoms with van der Waals surface area (Å²) >= 11 is 0. The molecule has 21 heavy (non-hydrogen) atoms. The van der Waals surface area contributed by atoms with Crippen molar-refractivity contribution < 1.29 is 0 Å². The number of aromatic nitrogens is 1. The van der Waals surface area contributed by atoms with Crippen LogP contribution < -0.4 is 0 Å². The van der Waals surface area contributed by atoms with Gasteiger partial charge in [0, 0.05) is 23.1 Å². The summed E-state index contributed by atoms with van der Waals surface area (Å²) in [5.41, 5.74) is 4.84. The number of para-hydroxylation sites is 2. The Morgan fingerprint density at radius 2 is 1.76 bits per heavy atom. The van der Waals surface area contributed by atoms with Crippen LogP contribution in [0.5, 0.6) is 0 Å². The molecule has 0 radical (unpaired) electrons. The minimum atomic E-state index is 0.626. The highest BCUT2D eigenvalue weighted by molar-refractivity contribution is 5.85. The van der Waals surface area contributed by atoms with Gasteiger partial charge in [-0.3, -0.25) is 0 Å². The summed E-state index contributed by atoms with van der Waals surface area (Å²) in [6.07, 6.45) is 4.74. The van der Waals surface area contributed by atoms with Gasteiger partial charge in [-0.15, -0.1) is 0 Å². The molecule has 1 nitrogen and oxygen atoms in total. The molecule has 0 saturated heterocycles. The monoisotopic (exact) mass is 271 g/mol. The Morgan fingerprint density at radius 1 is 1.00 bits per heavy atom. The van der Waals surface area contributed by atoms with Gasteiger partial charge >= 0.3 is 0 Å². The van der Waals surface area contributed by atoms with Crippen molar-refractivity contribution in [2.45, 2.75) is 19.8 Å². The third kappa shape index (κ3) is 2.23. The van der Waals surface area contributed by atoms with Crippen LogP contribution in [0.15, 0.2) is 54.7 Å². The van der Waals surface area contributed by atoms with E-state index < -0.39 is 0 Å². The fourth-order valence-corrected chi connectivity index (χ4v) is 2.75. The van der Waals surface area contributed by atoms with E-state index in [1.165, 1.54) is 35.0 Å². The summed E-state index contributed by atoms with van der Waals surface area (Å²) in [5.74, 6) is 7.38. The van der Waals surface area contributed by atoms with E-state index >= 15 is 0 Å². The van der Waals surface area contributed by atoms with Crippen molar-refractivity contribution in [2.75, 3.05) is 0 Å². The van der Waals surface area contributed by atoms with E-state index in [9.17, 15) is 0 Å². The predicted molar refractivity (Wildman–Crippen MR) is 87.6 cm³/mol. The first kappa shape index (κ1) is 12.3. The van der Waals surface area contributed by atoms with Gasteiger partial charge in [0.2, 0.25) is 0 Å². The van der Waals surface area contributed by atoms with Crippen LogP contribution in [-0.2, 0) is 0 Å². The molecule has 102 valence electrons. The first-order valence-corrected chi connectivity index (χ1v) is 7.50. The van der Waals surface area contributed by atoms with E-state index in [1.807, 2.05) is 0 Å². The smallest absolute Gasteiger partial charge is 0.0612 e. The predicted octanol–water partition coefficient (Wildman–Crippen LogP) is 4.70. The largest absolute Gasteiger partial charge is 0.315 e. The molecule has 1 fully saturated rings. The van der Waals surface area contributed by atoms with E-state index in [1.54, 1.807) is 0 Å². The van der Waals surface area contributed by atoms with Crippen molar-refractivity contribution in [3.05, 3.63) is 65.9 Å². The summed E-state index contributed by atoms with van der Waals surface area (Å²) in [5, 5.41) is 1.31. The van der Waals surface area contributed by atoms with E-state index in [0.29, 0.717) is 5.92 Å². The number of rotatable bonds is 1. The molecular formula is C20H17N. The van der Waals surface area contributed by atoms with Gasteiger partial charge in [-0.05, 0) is 43.5 Å². The Labute approximate surface area is 125 Å². The zero-order chi connectivity index (χ0) is 14.2. The van der Waals surface area contributed by atoms with E-state index in [0.717, 1.165) is 5.56 Å². The van der Waals surface area contributed by atoms with Crippen LogP contribution in [0.25, 0.3) is 16.6 Å². The molecule has 0 N–H and O–H groups in total. The average Bonchev–Trinajstić information content (AvgIpc) is 3.30. The topological polar surface area (TPSA) is 4.93 Å². The maximum Gasteiger partial charge on any atom is 0.0612 e. The second-order valence-corrected chi connectivity index (χ2v) is 5.76. The van der Waals surface area contributed by atoms with Crippen LogP contribution >= 0.6 is 0 Å². The molecule has 3 aromatic rings. The molecule has 0 amide bonds. The number of hydrogen-bond acceptors (Lipinski definition) is 0. The molecule has 0 unspecified atom stereocenters. The molecule has 0 spiro atoms. The van der Waals surface area contributed by atoms with Gasteiger partial charge in [-0.1, -0.05) is 42.2 Å². The third-order valence-electron chi connectivity index (χ3n) is 4.06. The van der Waals surface area contributed by atoms with Crippen LogP contribution in [0, 0.1) is 24.7 Å². The number of fused-ring (bicyclic) bond motifs is 1. The standard InChI is InChI=1S/C20H17N/c1-15-14-21(20-9-5-3-7-18(15)20)19-8-4-2-6-17(19)13-12-16-10-11-16/h2-9,14,16H,10-11H2,1H3. The minimum absolute atomic E-state index is 0.626. The molecular weight excluding hydrogens is 254 g/mol. The van der Waals surface area contributed by atoms with E-state index in [4.69, 9.17) is 0 Å². The fraction of sp³-hybridized carbons (Fsp3) is 0.200. The maximum atomic E-state index is 3.38. The van der Waals surface area contributed by atoms with Crippen molar-refractivity contribution in [3.63, 3.8) is 0 Å². The Kier molecular flexibility index (Phi) is 2.82. The normalized spacial score (nSPS) is 14.0. The Bertz CT molecular complexity index is 869. The van der Waals surface area contributed by atoms with Gasteiger partial charge in [0.25, 0.3) is 0 Å². The number of hydrogen-bond donors (Lipinski definition) is 0. The molecule has 1 saturated carbocycles. The molecule has 1 aliphatic carbocycles. The van der Waals surface area contributed by atoms with Gasteiger partial charge < -0.3 is 4.57 Å². The van der Waals surface area contributed by atoms with Crippen LogP contribution in [0.1, 0.15) is 24.0 Å². The highest BCUT2D eigenvalue weighted by Crippen LogP contribution is 2.29. The summed E-state index contributed by atoms with van der Waals surface area (Å²) in [7, 11) is 0. The summed E-state index contributed by atoms with van der Waals surface area (Å²) < 4.78 is 2.27. The lowest BCUT2D eigenvalue weighted by Crippen LogP contribution is -1.95. The van der Waals surface area contributed by atoms with E-state index in [2.05, 4.69) is 78.1 Å². The number of nitrogens with zero attached hydrogens (tertiary/aromatic N) is 1. The average molecular weight is 271 g/mol. The first-order chi connectivity index (χ1) is 10.3. The second-order valence-electron chi connectivity index (χ2n) is 5.76. The van der Waals surface area contributed by atoms with Gasteiger partial charge in [-0.2, -0.15) is 0 Å². The lowest BCUT2D eigenvalue weighted by atomic mass is 10.1. The van der Waals surface area contributed by atoms with Crippen molar-refractivity contribution >= 4 is 10.9 Å². The third-order valence-corrected chi connectivity index (χ3v) is 4.06. The van der Waals surface area contributed by atoms with Crippen molar-refractivity contribution in [2.24, 2.45) is 5.92 Å². The molecule has 1 aliphatic rings. The fourth-order valence-electron chi connectivity index (χ4n) is 2.75. The SMILES string of the molecule is Cc1cn(-c2ccccc2C#CC2CC2)c2ccccc12. The van der Waals surface area contributed by atoms with Crippen molar-refractivity contribution in [3.8, 4) is 17.5 Å². The van der Waals surface area contributed by atoms with Gasteiger partial charge in [0.15, 0.2) is 0 Å². The number of aryl methyl sites for hydroxylation is 1.